The Morgan fingerprint density at radius 3 is 2.59 bits per heavy atom. The molecule has 0 aliphatic carbocycles. The van der Waals surface area contributed by atoms with Gasteiger partial charge in [0.15, 0.2) is 17.3 Å². The third-order valence-corrected chi connectivity index (χ3v) is 2.27. The van der Waals surface area contributed by atoms with Gasteiger partial charge in [-0.25, -0.2) is 0 Å². The third kappa shape index (κ3) is 3.17. The maximum atomic E-state index is 8.61. The summed E-state index contributed by atoms with van der Waals surface area (Å²) in [5.41, 5.74) is 5.95. The van der Waals surface area contributed by atoms with E-state index in [0.29, 0.717) is 22.1 Å². The molecule has 0 radical (unpaired) electrons. The second-order valence-electron chi connectivity index (χ2n) is 3.64. The van der Waals surface area contributed by atoms with Crippen molar-refractivity contribution in [3.05, 3.63) is 22.7 Å². The molecule has 0 unspecified atom stereocenters. The summed E-state index contributed by atoms with van der Waals surface area (Å²) in [6.45, 7) is 3.76. The van der Waals surface area contributed by atoms with Crippen LogP contribution in [0.2, 0.25) is 5.02 Å². The van der Waals surface area contributed by atoms with Crippen molar-refractivity contribution >= 4 is 17.4 Å². The molecule has 0 heterocycles. The van der Waals surface area contributed by atoms with Gasteiger partial charge < -0.3 is 20.4 Å². The van der Waals surface area contributed by atoms with Crippen molar-refractivity contribution in [3.8, 4) is 11.5 Å². The van der Waals surface area contributed by atoms with Crippen LogP contribution in [0.25, 0.3) is 0 Å². The van der Waals surface area contributed by atoms with Gasteiger partial charge in [-0.05, 0) is 26.0 Å². The second kappa shape index (κ2) is 5.63. The van der Waals surface area contributed by atoms with E-state index in [4.69, 9.17) is 32.0 Å². The minimum absolute atomic E-state index is 0.0314. The molecule has 0 aliphatic heterocycles. The maximum absolute atomic E-state index is 8.61. The van der Waals surface area contributed by atoms with E-state index in [9.17, 15) is 0 Å². The van der Waals surface area contributed by atoms with E-state index in [1.165, 1.54) is 7.11 Å². The number of amidine groups is 1. The molecular formula is C11H15ClN2O3. The van der Waals surface area contributed by atoms with Crippen molar-refractivity contribution < 1.29 is 14.7 Å². The molecule has 0 saturated heterocycles. The summed E-state index contributed by atoms with van der Waals surface area (Å²) in [5, 5.41) is 11.9. The highest BCUT2D eigenvalue weighted by molar-refractivity contribution is 6.32. The quantitative estimate of drug-likeness (QED) is 0.376. The van der Waals surface area contributed by atoms with Crippen molar-refractivity contribution in [1.82, 2.24) is 0 Å². The van der Waals surface area contributed by atoms with Crippen LogP contribution in [-0.4, -0.2) is 24.3 Å². The van der Waals surface area contributed by atoms with Gasteiger partial charge >= 0.3 is 0 Å². The molecule has 3 N–H and O–H groups in total. The zero-order valence-electron chi connectivity index (χ0n) is 9.90. The number of rotatable bonds is 4. The first kappa shape index (κ1) is 13.4. The number of nitrogens with two attached hydrogens (primary N) is 1. The Hall–Kier alpha value is -1.62. The minimum Gasteiger partial charge on any atom is -0.493 e. The number of hydrogen-bond donors (Lipinski definition) is 2. The molecule has 0 aromatic heterocycles. The molecule has 0 saturated carbocycles. The van der Waals surface area contributed by atoms with Crippen molar-refractivity contribution in [2.24, 2.45) is 10.9 Å². The predicted octanol–water partition coefficient (Wildman–Crippen LogP) is 2.23. The van der Waals surface area contributed by atoms with Gasteiger partial charge in [-0.2, -0.15) is 0 Å². The lowest BCUT2D eigenvalue weighted by Crippen LogP contribution is -2.14. The van der Waals surface area contributed by atoms with E-state index in [1.807, 2.05) is 13.8 Å². The fourth-order valence-corrected chi connectivity index (χ4v) is 1.53. The molecule has 1 rings (SSSR count). The molecule has 0 atom stereocenters. The SMILES string of the molecule is COc1cc(C(N)=NO)cc(Cl)c1OC(C)C. The van der Waals surface area contributed by atoms with Crippen LogP contribution in [0.4, 0.5) is 0 Å². The first-order valence-electron chi connectivity index (χ1n) is 5.01. The van der Waals surface area contributed by atoms with Gasteiger partial charge in [0.05, 0.1) is 18.2 Å². The molecule has 0 fully saturated rings. The maximum Gasteiger partial charge on any atom is 0.180 e. The lowest BCUT2D eigenvalue weighted by Gasteiger charge is -2.16. The van der Waals surface area contributed by atoms with Crippen LogP contribution >= 0.6 is 11.6 Å². The van der Waals surface area contributed by atoms with E-state index >= 15 is 0 Å². The summed E-state index contributed by atoms with van der Waals surface area (Å²) < 4.78 is 10.7. The molecule has 0 bridgehead atoms. The predicted molar refractivity (Wildman–Crippen MR) is 66.3 cm³/mol. The van der Waals surface area contributed by atoms with Crippen LogP contribution in [-0.2, 0) is 0 Å². The molecule has 1 aromatic rings. The van der Waals surface area contributed by atoms with E-state index in [0.717, 1.165) is 0 Å². The number of halogens is 1. The Kier molecular flexibility index (Phi) is 4.45. The Balaban J connectivity index is 3.25. The smallest absolute Gasteiger partial charge is 0.180 e. The zero-order chi connectivity index (χ0) is 13.0. The molecule has 94 valence electrons. The summed E-state index contributed by atoms with van der Waals surface area (Å²) in [6, 6.07) is 3.15. The average molecular weight is 259 g/mol. The Morgan fingerprint density at radius 1 is 1.47 bits per heavy atom. The van der Waals surface area contributed by atoms with Gasteiger partial charge in [-0.15, -0.1) is 0 Å². The summed E-state index contributed by atoms with van der Waals surface area (Å²) in [5.74, 6) is 0.841. The number of benzene rings is 1. The van der Waals surface area contributed by atoms with E-state index in [2.05, 4.69) is 5.16 Å². The van der Waals surface area contributed by atoms with E-state index in [-0.39, 0.29) is 11.9 Å². The topological polar surface area (TPSA) is 77.1 Å². The van der Waals surface area contributed by atoms with Gasteiger partial charge in [0.1, 0.15) is 0 Å². The van der Waals surface area contributed by atoms with E-state index < -0.39 is 0 Å². The van der Waals surface area contributed by atoms with Crippen molar-refractivity contribution in [3.63, 3.8) is 0 Å². The number of nitrogens with zero attached hydrogens (tertiary/aromatic N) is 1. The molecular weight excluding hydrogens is 244 g/mol. The van der Waals surface area contributed by atoms with Crippen LogP contribution in [0, 0.1) is 0 Å². The van der Waals surface area contributed by atoms with Gasteiger partial charge in [0.25, 0.3) is 0 Å². The Labute approximate surface area is 105 Å². The summed E-state index contributed by atoms with van der Waals surface area (Å²) >= 11 is 6.06. The largest absolute Gasteiger partial charge is 0.493 e. The summed E-state index contributed by atoms with van der Waals surface area (Å²) in [4.78, 5) is 0. The lowest BCUT2D eigenvalue weighted by atomic mass is 10.2. The third-order valence-electron chi connectivity index (χ3n) is 1.99. The normalized spacial score (nSPS) is 11.7. The summed E-state index contributed by atoms with van der Waals surface area (Å²) in [7, 11) is 1.49. The zero-order valence-corrected chi connectivity index (χ0v) is 10.7. The number of methoxy groups -OCH3 is 1. The Morgan fingerprint density at radius 2 is 2.12 bits per heavy atom. The van der Waals surface area contributed by atoms with Gasteiger partial charge in [0, 0.05) is 5.56 Å². The molecule has 5 nitrogen and oxygen atoms in total. The van der Waals surface area contributed by atoms with Crippen molar-refractivity contribution in [1.29, 1.82) is 0 Å². The minimum atomic E-state index is -0.0405. The highest BCUT2D eigenvalue weighted by Gasteiger charge is 2.14. The number of hydrogen-bond acceptors (Lipinski definition) is 4. The average Bonchev–Trinajstić information content (AvgIpc) is 2.29. The molecule has 6 heteroatoms. The van der Waals surface area contributed by atoms with Crippen molar-refractivity contribution in [2.75, 3.05) is 7.11 Å². The first-order chi connectivity index (χ1) is 7.99. The monoisotopic (exact) mass is 258 g/mol. The standard InChI is InChI=1S/C11H15ClN2O3/c1-6(2)17-10-8(12)4-7(11(13)14-15)5-9(10)16-3/h4-6,15H,1-3H3,(H2,13,14). The first-order valence-corrected chi connectivity index (χ1v) is 5.39. The van der Waals surface area contributed by atoms with Gasteiger partial charge in [0.2, 0.25) is 0 Å². The van der Waals surface area contributed by atoms with Gasteiger partial charge in [-0.1, -0.05) is 16.8 Å². The van der Waals surface area contributed by atoms with Crippen LogP contribution < -0.4 is 15.2 Å². The second-order valence-corrected chi connectivity index (χ2v) is 4.05. The van der Waals surface area contributed by atoms with Crippen molar-refractivity contribution in [2.45, 2.75) is 20.0 Å². The molecule has 0 amide bonds. The Bertz CT molecular complexity index is 433. The van der Waals surface area contributed by atoms with Crippen LogP contribution in [0.5, 0.6) is 11.5 Å². The molecule has 1 aromatic carbocycles. The molecule has 0 spiro atoms. The highest BCUT2D eigenvalue weighted by atomic mass is 35.5. The fourth-order valence-electron chi connectivity index (χ4n) is 1.28. The molecule has 17 heavy (non-hydrogen) atoms. The van der Waals surface area contributed by atoms with Crippen LogP contribution in [0.15, 0.2) is 17.3 Å². The van der Waals surface area contributed by atoms with Crippen LogP contribution in [0.3, 0.4) is 0 Å². The summed E-state index contributed by atoms with van der Waals surface area (Å²) in [6.07, 6.45) is -0.0314. The lowest BCUT2D eigenvalue weighted by molar-refractivity contribution is 0.230. The van der Waals surface area contributed by atoms with Gasteiger partial charge in [-0.3, -0.25) is 0 Å². The van der Waals surface area contributed by atoms with E-state index in [1.54, 1.807) is 12.1 Å². The number of oxime groups is 1. The molecule has 0 aliphatic rings. The highest BCUT2D eigenvalue weighted by Crippen LogP contribution is 2.37. The fraction of sp³-hybridized carbons (Fsp3) is 0.364. The van der Waals surface area contributed by atoms with Crippen LogP contribution in [0.1, 0.15) is 19.4 Å². The number of ether oxygens (including phenoxy) is 2.